The molecule has 0 saturated heterocycles. The highest BCUT2D eigenvalue weighted by Gasteiger charge is 2.51. The third-order valence-electron chi connectivity index (χ3n) is 5.87. The maximum atomic E-state index is 12.7. The molecular formula is C24H8Cl4F12N8O2S2. The Kier molecular flexibility index (Phi) is 12.4. The third-order valence-corrected chi connectivity index (χ3v) is 9.41. The van der Waals surface area contributed by atoms with Gasteiger partial charge in [-0.05, 0) is 24.3 Å². The molecule has 0 fully saturated rings. The first kappa shape index (κ1) is 42.8. The smallest absolute Gasteiger partial charge is 0.578 e. The van der Waals surface area contributed by atoms with Crippen molar-refractivity contribution in [3.05, 3.63) is 66.9 Å². The van der Waals surface area contributed by atoms with Gasteiger partial charge >= 0.3 is 23.4 Å². The van der Waals surface area contributed by atoms with E-state index in [1.54, 1.807) is 0 Å². The lowest BCUT2D eigenvalue weighted by atomic mass is 10.2. The summed E-state index contributed by atoms with van der Waals surface area (Å²) in [7, 11) is 0. The van der Waals surface area contributed by atoms with Crippen LogP contribution in [0.1, 0.15) is 22.5 Å². The first-order chi connectivity index (χ1) is 23.6. The van der Waals surface area contributed by atoms with Gasteiger partial charge in [-0.15, -0.1) is 36.5 Å². The summed E-state index contributed by atoms with van der Waals surface area (Å²) in [6, 6.07) is 4.38. The molecule has 28 heteroatoms. The van der Waals surface area contributed by atoms with Crippen molar-refractivity contribution in [1.29, 1.82) is 10.5 Å². The SMILES string of the molecule is N#Cc1nn(-c2c(Cl)cc(C(F)(F)F)cc2Cl)c(N)c1[S+]([O-])C(F)(F)F.N#Cc1nn(-c2c(Cl)cc(C(F)(F)F)cc2Cl)c(N)c1[S+]([O-])C(F)(F)F. The molecule has 4 rings (SSSR count). The number of nitrogens with zero attached hydrogens (tertiary/aromatic N) is 6. The number of rotatable bonds is 4. The molecule has 2 unspecified atom stereocenters. The molecular weight excluding hydrogens is 866 g/mol. The maximum Gasteiger partial charge on any atom is 0.578 e. The number of nitriles is 2. The number of halogens is 16. The number of nitrogens with two attached hydrogens (primary N) is 2. The van der Waals surface area contributed by atoms with E-state index in [9.17, 15) is 61.8 Å². The molecule has 2 aromatic heterocycles. The second-order valence-electron chi connectivity index (χ2n) is 9.17. The molecule has 0 bridgehead atoms. The molecule has 2 heterocycles. The molecule has 2 atom stereocenters. The second kappa shape index (κ2) is 15.0. The largest absolute Gasteiger partial charge is 0.604 e. The van der Waals surface area contributed by atoms with E-state index in [-0.39, 0.29) is 0 Å². The normalized spacial score (nSPS) is 13.5. The first-order valence-corrected chi connectivity index (χ1v) is 16.1. The van der Waals surface area contributed by atoms with E-state index in [2.05, 4.69) is 10.2 Å². The summed E-state index contributed by atoms with van der Waals surface area (Å²) in [6.45, 7) is 0. The van der Waals surface area contributed by atoms with Gasteiger partial charge in [0.05, 0.1) is 31.2 Å². The Balaban J connectivity index is 0.000000280. The van der Waals surface area contributed by atoms with Crippen LogP contribution in [0.15, 0.2) is 34.1 Å². The van der Waals surface area contributed by atoms with Crippen molar-refractivity contribution in [1.82, 2.24) is 19.6 Å². The number of anilines is 2. The Bertz CT molecular complexity index is 1910. The van der Waals surface area contributed by atoms with Gasteiger partial charge in [-0.1, -0.05) is 46.4 Å². The zero-order valence-corrected chi connectivity index (χ0v) is 28.5. The van der Waals surface area contributed by atoms with E-state index in [4.69, 9.17) is 68.4 Å². The van der Waals surface area contributed by atoms with Crippen LogP contribution in [-0.2, 0) is 34.7 Å². The minimum atomic E-state index is -5.25. The van der Waals surface area contributed by atoms with Crippen LogP contribution in [0.5, 0.6) is 0 Å². The summed E-state index contributed by atoms with van der Waals surface area (Å²) in [6.07, 6.45) is -9.58. The molecule has 2 aromatic carbocycles. The van der Waals surface area contributed by atoms with Crippen LogP contribution in [0.3, 0.4) is 0 Å². The summed E-state index contributed by atoms with van der Waals surface area (Å²) < 4.78 is 177. The fourth-order valence-corrected chi connectivity index (χ4v) is 6.62. The highest BCUT2D eigenvalue weighted by molar-refractivity contribution is 7.92. The van der Waals surface area contributed by atoms with Gasteiger partial charge in [-0.25, -0.2) is 9.36 Å². The Morgan fingerprint density at radius 3 is 1.02 bits per heavy atom. The van der Waals surface area contributed by atoms with E-state index in [0.717, 1.165) is 0 Å². The maximum absolute atomic E-state index is 12.7. The predicted octanol–water partition coefficient (Wildman–Crippen LogP) is 8.56. The lowest BCUT2D eigenvalue weighted by Crippen LogP contribution is -2.24. The molecule has 0 aliphatic carbocycles. The molecule has 0 aliphatic heterocycles. The van der Waals surface area contributed by atoms with Crippen LogP contribution in [0.25, 0.3) is 11.4 Å². The highest BCUT2D eigenvalue weighted by atomic mass is 35.5. The summed E-state index contributed by atoms with van der Waals surface area (Å²) >= 11 is 15.5. The number of alkyl halides is 12. The lowest BCUT2D eigenvalue weighted by molar-refractivity contribution is -0.138. The van der Waals surface area contributed by atoms with E-state index in [1.807, 2.05) is 0 Å². The van der Waals surface area contributed by atoms with Gasteiger partial charge in [0.2, 0.25) is 21.2 Å². The molecule has 4 aromatic rings. The van der Waals surface area contributed by atoms with Gasteiger partial charge in [-0.3, -0.25) is 0 Å². The number of hydrogen-bond acceptors (Lipinski definition) is 8. The van der Waals surface area contributed by atoms with Gasteiger partial charge in [0.1, 0.15) is 45.9 Å². The van der Waals surface area contributed by atoms with Crippen LogP contribution in [0, 0.1) is 22.7 Å². The number of nitrogen functional groups attached to an aromatic ring is 2. The molecule has 280 valence electrons. The summed E-state index contributed by atoms with van der Waals surface area (Å²) in [4.78, 5) is -2.29. The van der Waals surface area contributed by atoms with E-state index >= 15 is 0 Å². The fraction of sp³-hybridized carbons (Fsp3) is 0.167. The topological polar surface area (TPSA) is 181 Å². The zero-order chi connectivity index (χ0) is 40.0. The molecule has 52 heavy (non-hydrogen) atoms. The van der Waals surface area contributed by atoms with Crippen molar-refractivity contribution in [2.45, 2.75) is 33.2 Å². The molecule has 4 N–H and O–H groups in total. The minimum Gasteiger partial charge on any atom is -0.604 e. The molecule has 0 amide bonds. The van der Waals surface area contributed by atoms with Gasteiger partial charge in [0, 0.05) is 0 Å². The monoisotopic (exact) mass is 872 g/mol. The molecule has 0 saturated carbocycles. The lowest BCUT2D eigenvalue weighted by Gasteiger charge is -2.14. The molecule has 0 spiro atoms. The van der Waals surface area contributed by atoms with Crippen molar-refractivity contribution >= 4 is 80.4 Å². The standard InChI is InChI=1S/2C12H4Cl2F6N4OS/c2*13-5-1-4(11(15,16)17)2-6(14)8(5)24-10(22)9(7(3-21)23-24)26(25)12(18,19)20/h2*1-2H,22H2. The molecule has 0 radical (unpaired) electrons. The van der Waals surface area contributed by atoms with Crippen molar-refractivity contribution in [3.63, 3.8) is 0 Å². The van der Waals surface area contributed by atoms with Crippen LogP contribution in [-0.4, -0.2) is 39.7 Å². The van der Waals surface area contributed by atoms with Crippen molar-refractivity contribution in [3.8, 4) is 23.5 Å². The Labute approximate surface area is 306 Å². The van der Waals surface area contributed by atoms with Gasteiger partial charge in [0.15, 0.2) is 11.6 Å². The number of hydrogen-bond donors (Lipinski definition) is 2. The zero-order valence-electron chi connectivity index (χ0n) is 23.8. The Morgan fingerprint density at radius 2 is 0.827 bits per heavy atom. The average Bonchev–Trinajstić information content (AvgIpc) is 3.49. The summed E-state index contributed by atoms with van der Waals surface area (Å²) in [5, 5.41) is 22.1. The van der Waals surface area contributed by atoms with Crippen molar-refractivity contribution in [2.75, 3.05) is 11.5 Å². The van der Waals surface area contributed by atoms with Gasteiger partial charge < -0.3 is 20.6 Å². The van der Waals surface area contributed by atoms with E-state index < -0.39 is 121 Å². The van der Waals surface area contributed by atoms with Crippen LogP contribution >= 0.6 is 46.4 Å². The second-order valence-corrected chi connectivity index (χ2v) is 13.6. The minimum absolute atomic E-state index is 0.433. The van der Waals surface area contributed by atoms with E-state index in [1.165, 1.54) is 12.1 Å². The average molecular weight is 874 g/mol. The van der Waals surface area contributed by atoms with Crippen LogP contribution in [0.2, 0.25) is 20.1 Å². The van der Waals surface area contributed by atoms with Crippen LogP contribution < -0.4 is 11.5 Å². The highest BCUT2D eigenvalue weighted by Crippen LogP contribution is 2.43. The van der Waals surface area contributed by atoms with Gasteiger partial charge in [0.25, 0.3) is 0 Å². The predicted molar refractivity (Wildman–Crippen MR) is 160 cm³/mol. The quantitative estimate of drug-likeness (QED) is 0.151. The number of benzene rings is 2. The Morgan fingerprint density at radius 1 is 0.577 bits per heavy atom. The first-order valence-electron chi connectivity index (χ1n) is 12.2. The Hall–Kier alpha value is -3.62. The van der Waals surface area contributed by atoms with Gasteiger partial charge in [-0.2, -0.15) is 36.9 Å². The number of aromatic nitrogens is 4. The van der Waals surface area contributed by atoms with E-state index in [0.29, 0.717) is 33.6 Å². The van der Waals surface area contributed by atoms with Crippen LogP contribution in [0.4, 0.5) is 64.3 Å². The van der Waals surface area contributed by atoms with Crippen molar-refractivity contribution in [2.24, 2.45) is 0 Å². The summed E-state index contributed by atoms with van der Waals surface area (Å²) in [5.74, 6) is -1.80. The molecule has 0 aliphatic rings. The fourth-order valence-electron chi connectivity index (χ4n) is 3.78. The van der Waals surface area contributed by atoms with Crippen molar-refractivity contribution < 1.29 is 61.8 Å². The third kappa shape index (κ3) is 8.77. The summed E-state index contributed by atoms with van der Waals surface area (Å²) in [5.41, 5.74) is -4.84. The molecule has 10 nitrogen and oxygen atoms in total.